The number of thiophene rings is 1. The molecule has 0 saturated carbocycles. The average Bonchev–Trinajstić information content (AvgIpc) is 2.99. The first-order valence-corrected chi connectivity index (χ1v) is 6.25. The molecule has 0 aliphatic carbocycles. The quantitative estimate of drug-likeness (QED) is 0.773. The van der Waals surface area contributed by atoms with Gasteiger partial charge in [0.2, 0.25) is 11.8 Å². The van der Waals surface area contributed by atoms with Crippen LogP contribution in [0, 0.1) is 0 Å². The SMILES string of the molecule is COc1ncnc2c1nc(N)n2Cc1ccsc1. The van der Waals surface area contributed by atoms with Crippen molar-refractivity contribution in [3.8, 4) is 5.88 Å². The Bertz CT molecular complexity index is 676. The largest absolute Gasteiger partial charge is 0.479 e. The molecule has 0 amide bonds. The average molecular weight is 261 g/mol. The summed E-state index contributed by atoms with van der Waals surface area (Å²) in [6.45, 7) is 0.645. The summed E-state index contributed by atoms with van der Waals surface area (Å²) in [5.74, 6) is 0.853. The second-order valence-corrected chi connectivity index (χ2v) is 4.52. The van der Waals surface area contributed by atoms with E-state index < -0.39 is 0 Å². The highest BCUT2D eigenvalue weighted by atomic mass is 32.1. The van der Waals surface area contributed by atoms with E-state index in [1.165, 1.54) is 11.9 Å². The summed E-state index contributed by atoms with van der Waals surface area (Å²) >= 11 is 1.65. The van der Waals surface area contributed by atoms with Crippen molar-refractivity contribution in [3.63, 3.8) is 0 Å². The van der Waals surface area contributed by atoms with Gasteiger partial charge >= 0.3 is 0 Å². The summed E-state index contributed by atoms with van der Waals surface area (Å²) in [5.41, 5.74) is 8.37. The normalized spacial score (nSPS) is 10.9. The minimum atomic E-state index is 0.412. The number of rotatable bonds is 3. The van der Waals surface area contributed by atoms with Crippen LogP contribution in [0.2, 0.25) is 0 Å². The third-order valence-electron chi connectivity index (χ3n) is 2.64. The molecule has 0 aromatic carbocycles. The first kappa shape index (κ1) is 11.0. The number of anilines is 1. The predicted molar refractivity (Wildman–Crippen MR) is 69.7 cm³/mol. The van der Waals surface area contributed by atoms with Gasteiger partial charge in [-0.2, -0.15) is 16.3 Å². The number of imidazole rings is 1. The second kappa shape index (κ2) is 4.26. The monoisotopic (exact) mass is 261 g/mol. The van der Waals surface area contributed by atoms with Crippen molar-refractivity contribution in [3.05, 3.63) is 28.7 Å². The molecule has 0 radical (unpaired) electrons. The molecule has 0 spiro atoms. The molecule has 3 aromatic heterocycles. The van der Waals surface area contributed by atoms with Crippen LogP contribution in [0.15, 0.2) is 23.2 Å². The standard InChI is InChI=1S/C11H11N5OS/c1-17-10-8-9(13-6-14-10)16(11(12)15-8)4-7-2-3-18-5-7/h2-3,5-6H,4H2,1H3,(H2,12,15). The first-order valence-electron chi connectivity index (χ1n) is 5.31. The first-order chi connectivity index (χ1) is 8.79. The van der Waals surface area contributed by atoms with Crippen LogP contribution in [0.25, 0.3) is 11.2 Å². The molecule has 0 bridgehead atoms. The molecule has 0 unspecified atom stereocenters. The van der Waals surface area contributed by atoms with E-state index in [1.54, 1.807) is 18.4 Å². The van der Waals surface area contributed by atoms with Crippen molar-refractivity contribution in [1.29, 1.82) is 0 Å². The molecule has 0 atom stereocenters. The van der Waals surface area contributed by atoms with Crippen LogP contribution in [-0.2, 0) is 6.54 Å². The Morgan fingerprint density at radius 1 is 1.44 bits per heavy atom. The van der Waals surface area contributed by atoms with Crippen molar-refractivity contribution in [2.45, 2.75) is 6.54 Å². The van der Waals surface area contributed by atoms with Crippen LogP contribution >= 0.6 is 11.3 Å². The fraction of sp³-hybridized carbons (Fsp3) is 0.182. The van der Waals surface area contributed by atoms with Gasteiger partial charge in [-0.05, 0) is 22.4 Å². The Labute approximate surface area is 107 Å². The molecule has 0 aliphatic rings. The Hall–Kier alpha value is -2.15. The molecule has 92 valence electrons. The minimum absolute atomic E-state index is 0.412. The number of nitrogens with two attached hydrogens (primary N) is 1. The van der Waals surface area contributed by atoms with Crippen LogP contribution in [0.3, 0.4) is 0 Å². The third-order valence-corrected chi connectivity index (χ3v) is 3.37. The van der Waals surface area contributed by atoms with E-state index >= 15 is 0 Å². The smallest absolute Gasteiger partial charge is 0.245 e. The molecule has 0 aliphatic heterocycles. The zero-order chi connectivity index (χ0) is 12.5. The van der Waals surface area contributed by atoms with Gasteiger partial charge in [0.15, 0.2) is 11.2 Å². The highest BCUT2D eigenvalue weighted by molar-refractivity contribution is 7.07. The number of nitrogen functional groups attached to an aromatic ring is 1. The number of hydrogen-bond donors (Lipinski definition) is 1. The van der Waals surface area contributed by atoms with E-state index in [1.807, 2.05) is 16.0 Å². The number of hydrogen-bond acceptors (Lipinski definition) is 6. The maximum Gasteiger partial charge on any atom is 0.245 e. The Morgan fingerprint density at radius 2 is 2.33 bits per heavy atom. The van der Waals surface area contributed by atoms with Crippen LogP contribution < -0.4 is 10.5 Å². The molecule has 6 nitrogen and oxygen atoms in total. The third kappa shape index (κ3) is 1.68. The highest BCUT2D eigenvalue weighted by Gasteiger charge is 2.14. The number of methoxy groups -OCH3 is 1. The van der Waals surface area contributed by atoms with Gasteiger partial charge in [0.1, 0.15) is 6.33 Å². The molecule has 7 heteroatoms. The fourth-order valence-electron chi connectivity index (χ4n) is 1.80. The maximum atomic E-state index is 5.93. The van der Waals surface area contributed by atoms with Crippen molar-refractivity contribution >= 4 is 28.4 Å². The number of fused-ring (bicyclic) bond motifs is 1. The summed E-state index contributed by atoms with van der Waals surface area (Å²) < 4.78 is 7.00. The summed E-state index contributed by atoms with van der Waals surface area (Å²) in [6, 6.07) is 2.05. The van der Waals surface area contributed by atoms with Crippen molar-refractivity contribution in [1.82, 2.24) is 19.5 Å². The van der Waals surface area contributed by atoms with Gasteiger partial charge < -0.3 is 10.5 Å². The van der Waals surface area contributed by atoms with Gasteiger partial charge in [-0.15, -0.1) is 0 Å². The van der Waals surface area contributed by atoms with E-state index in [2.05, 4.69) is 20.3 Å². The lowest BCUT2D eigenvalue weighted by Gasteiger charge is -2.03. The van der Waals surface area contributed by atoms with Gasteiger partial charge in [-0.3, -0.25) is 4.57 Å². The Balaban J connectivity index is 2.14. The molecule has 0 saturated heterocycles. The van der Waals surface area contributed by atoms with Gasteiger partial charge in [0.25, 0.3) is 0 Å². The van der Waals surface area contributed by atoms with Gasteiger partial charge in [0, 0.05) is 0 Å². The van der Waals surface area contributed by atoms with Crippen LogP contribution in [0.1, 0.15) is 5.56 Å². The van der Waals surface area contributed by atoms with E-state index in [-0.39, 0.29) is 0 Å². The summed E-state index contributed by atoms with van der Waals surface area (Å²) in [6.07, 6.45) is 1.45. The van der Waals surface area contributed by atoms with E-state index in [4.69, 9.17) is 10.5 Å². The second-order valence-electron chi connectivity index (χ2n) is 3.74. The van der Waals surface area contributed by atoms with Gasteiger partial charge in [0.05, 0.1) is 13.7 Å². The number of ether oxygens (including phenoxy) is 1. The molecule has 0 fully saturated rings. The van der Waals surface area contributed by atoms with Crippen molar-refractivity contribution < 1.29 is 4.74 Å². The predicted octanol–water partition coefficient (Wildman–Crippen LogP) is 1.53. The minimum Gasteiger partial charge on any atom is -0.479 e. The van der Waals surface area contributed by atoms with Crippen LogP contribution in [0.5, 0.6) is 5.88 Å². The molecule has 3 aromatic rings. The van der Waals surface area contributed by atoms with Gasteiger partial charge in [-0.1, -0.05) is 0 Å². The van der Waals surface area contributed by atoms with Crippen molar-refractivity contribution in [2.24, 2.45) is 0 Å². The van der Waals surface area contributed by atoms with E-state index in [0.717, 1.165) is 0 Å². The summed E-state index contributed by atoms with van der Waals surface area (Å²) in [5, 5.41) is 4.10. The lowest BCUT2D eigenvalue weighted by molar-refractivity contribution is 0.401. The number of aromatic nitrogens is 4. The zero-order valence-electron chi connectivity index (χ0n) is 9.70. The summed E-state index contributed by atoms with van der Waals surface area (Å²) in [7, 11) is 1.55. The summed E-state index contributed by atoms with van der Waals surface area (Å²) in [4.78, 5) is 12.5. The van der Waals surface area contributed by atoms with Crippen LogP contribution in [-0.4, -0.2) is 26.6 Å². The Morgan fingerprint density at radius 3 is 3.06 bits per heavy atom. The molecular formula is C11H11N5OS. The lowest BCUT2D eigenvalue weighted by atomic mass is 10.3. The van der Waals surface area contributed by atoms with E-state index in [9.17, 15) is 0 Å². The zero-order valence-corrected chi connectivity index (χ0v) is 10.5. The van der Waals surface area contributed by atoms with Crippen molar-refractivity contribution in [2.75, 3.05) is 12.8 Å². The molecule has 2 N–H and O–H groups in total. The van der Waals surface area contributed by atoms with Gasteiger partial charge in [-0.25, -0.2) is 9.97 Å². The van der Waals surface area contributed by atoms with E-state index in [0.29, 0.717) is 29.5 Å². The topological polar surface area (TPSA) is 78.8 Å². The fourth-order valence-corrected chi connectivity index (χ4v) is 2.46. The Kier molecular flexibility index (Phi) is 2.60. The molecule has 3 rings (SSSR count). The molecule has 18 heavy (non-hydrogen) atoms. The molecular weight excluding hydrogens is 250 g/mol. The highest BCUT2D eigenvalue weighted by Crippen LogP contribution is 2.23. The maximum absolute atomic E-state index is 5.93. The van der Waals surface area contributed by atoms with Crippen LogP contribution in [0.4, 0.5) is 5.95 Å². The number of nitrogens with zero attached hydrogens (tertiary/aromatic N) is 4. The molecule has 3 heterocycles. The lowest BCUT2D eigenvalue weighted by Crippen LogP contribution is -2.04.